The Bertz CT molecular complexity index is 570. The topological polar surface area (TPSA) is 52.9 Å². The maximum atomic E-state index is 11.4. The molecule has 0 aliphatic rings. The molecule has 2 aromatic rings. The predicted octanol–water partition coefficient (Wildman–Crippen LogP) is 2.77. The van der Waals surface area contributed by atoms with Gasteiger partial charge in [0.05, 0.1) is 5.02 Å². The number of thiophene rings is 1. The lowest BCUT2D eigenvalue weighted by atomic mass is 10.2. The van der Waals surface area contributed by atoms with Gasteiger partial charge in [0.1, 0.15) is 4.88 Å². The summed E-state index contributed by atoms with van der Waals surface area (Å²) in [4.78, 5) is 11.8. The molecule has 0 radical (unpaired) electrons. The molecule has 1 aromatic carbocycles. The zero-order valence-electron chi connectivity index (χ0n) is 7.45. The number of carbonyl (C=O) groups is 1. The van der Waals surface area contributed by atoms with Gasteiger partial charge in [0.25, 0.3) is 5.91 Å². The van der Waals surface area contributed by atoms with Crippen molar-refractivity contribution < 1.29 is 4.79 Å². The normalized spacial score (nSPS) is 9.87. The van der Waals surface area contributed by atoms with Crippen LogP contribution in [-0.4, -0.2) is 5.91 Å². The Morgan fingerprint density at radius 3 is 2.87 bits per heavy atom. The van der Waals surface area contributed by atoms with E-state index in [1.54, 1.807) is 6.19 Å². The molecule has 1 heterocycles. The molecule has 5 heteroatoms. The van der Waals surface area contributed by atoms with E-state index >= 15 is 0 Å². The van der Waals surface area contributed by atoms with Crippen LogP contribution in [-0.2, 0) is 0 Å². The van der Waals surface area contributed by atoms with Crippen LogP contribution in [0.15, 0.2) is 24.3 Å². The number of rotatable bonds is 1. The largest absolute Gasteiger partial charge is 0.275 e. The zero-order valence-corrected chi connectivity index (χ0v) is 9.02. The second kappa shape index (κ2) is 3.89. The van der Waals surface area contributed by atoms with Gasteiger partial charge in [-0.2, -0.15) is 5.26 Å². The molecule has 3 nitrogen and oxygen atoms in total. The van der Waals surface area contributed by atoms with Crippen LogP contribution in [0, 0.1) is 11.5 Å². The minimum atomic E-state index is -0.455. The van der Waals surface area contributed by atoms with Crippen LogP contribution < -0.4 is 5.32 Å². The lowest BCUT2D eigenvalue weighted by molar-refractivity contribution is 0.0977. The smallest absolute Gasteiger partial charge is 0.267 e. The first-order valence-corrected chi connectivity index (χ1v) is 5.30. The second-order valence-corrected chi connectivity index (χ2v) is 4.24. The quantitative estimate of drug-likeness (QED) is 0.612. The summed E-state index contributed by atoms with van der Waals surface area (Å²) in [5.41, 5.74) is 0. The third-order valence-electron chi connectivity index (χ3n) is 1.91. The molecule has 0 bridgehead atoms. The van der Waals surface area contributed by atoms with E-state index in [9.17, 15) is 4.79 Å². The minimum absolute atomic E-state index is 0.374. The van der Waals surface area contributed by atoms with E-state index in [-0.39, 0.29) is 0 Å². The number of amides is 1. The van der Waals surface area contributed by atoms with Crippen LogP contribution in [0.4, 0.5) is 0 Å². The van der Waals surface area contributed by atoms with Gasteiger partial charge in [-0.1, -0.05) is 29.8 Å². The molecule has 0 atom stereocenters. The highest BCUT2D eigenvalue weighted by Crippen LogP contribution is 2.34. The number of fused-ring (bicyclic) bond motifs is 1. The second-order valence-electron chi connectivity index (χ2n) is 2.81. The van der Waals surface area contributed by atoms with E-state index in [0.29, 0.717) is 9.90 Å². The van der Waals surface area contributed by atoms with E-state index in [1.807, 2.05) is 24.3 Å². The molecule has 0 spiro atoms. The van der Waals surface area contributed by atoms with Crippen LogP contribution >= 0.6 is 22.9 Å². The molecule has 0 unspecified atom stereocenters. The van der Waals surface area contributed by atoms with Gasteiger partial charge >= 0.3 is 0 Å². The van der Waals surface area contributed by atoms with E-state index in [0.717, 1.165) is 10.1 Å². The Hall–Kier alpha value is -1.57. The number of benzene rings is 1. The van der Waals surface area contributed by atoms with Crippen LogP contribution in [0.2, 0.25) is 5.02 Å². The molecule has 1 N–H and O–H groups in total. The highest BCUT2D eigenvalue weighted by atomic mass is 35.5. The van der Waals surface area contributed by atoms with E-state index in [4.69, 9.17) is 16.9 Å². The molecular formula is C10H5ClN2OS. The van der Waals surface area contributed by atoms with Gasteiger partial charge in [-0.25, -0.2) is 0 Å². The SMILES string of the molecule is N#CNC(=O)c1sc2ccccc2c1Cl. The van der Waals surface area contributed by atoms with Crippen molar-refractivity contribution >= 4 is 38.9 Å². The summed E-state index contributed by atoms with van der Waals surface area (Å²) in [5.74, 6) is -0.455. The van der Waals surface area contributed by atoms with Crippen LogP contribution in [0.1, 0.15) is 9.67 Å². The van der Waals surface area contributed by atoms with Gasteiger partial charge in [0.2, 0.25) is 0 Å². The number of nitrogens with zero attached hydrogens (tertiary/aromatic N) is 1. The Labute approximate surface area is 94.9 Å². The van der Waals surface area contributed by atoms with Gasteiger partial charge in [0, 0.05) is 10.1 Å². The van der Waals surface area contributed by atoms with Gasteiger partial charge in [-0.15, -0.1) is 11.3 Å². The van der Waals surface area contributed by atoms with Crippen molar-refractivity contribution in [2.75, 3.05) is 0 Å². The molecule has 0 aliphatic heterocycles. The summed E-state index contributed by atoms with van der Waals surface area (Å²) < 4.78 is 0.936. The fourth-order valence-corrected chi connectivity index (χ4v) is 2.68. The average molecular weight is 237 g/mol. The fourth-order valence-electron chi connectivity index (χ4n) is 1.27. The third-order valence-corrected chi connectivity index (χ3v) is 3.58. The molecule has 0 saturated carbocycles. The summed E-state index contributed by atoms with van der Waals surface area (Å²) >= 11 is 7.30. The maximum absolute atomic E-state index is 11.4. The lowest BCUT2D eigenvalue weighted by Crippen LogP contribution is -2.15. The van der Waals surface area contributed by atoms with E-state index in [2.05, 4.69) is 5.32 Å². The number of halogens is 1. The maximum Gasteiger partial charge on any atom is 0.275 e. The van der Waals surface area contributed by atoms with Crippen LogP contribution in [0.3, 0.4) is 0 Å². The number of hydrogen-bond acceptors (Lipinski definition) is 3. The van der Waals surface area contributed by atoms with Crippen LogP contribution in [0.5, 0.6) is 0 Å². The number of nitrogens with one attached hydrogen (secondary N) is 1. The average Bonchev–Trinajstić information content (AvgIpc) is 2.57. The molecule has 15 heavy (non-hydrogen) atoms. The summed E-state index contributed by atoms with van der Waals surface area (Å²) in [7, 11) is 0. The molecule has 1 amide bonds. The molecule has 0 fully saturated rings. The fraction of sp³-hybridized carbons (Fsp3) is 0. The van der Waals surface area contributed by atoms with Crippen molar-refractivity contribution in [3.8, 4) is 6.19 Å². The Morgan fingerprint density at radius 2 is 2.20 bits per heavy atom. The Kier molecular flexibility index (Phi) is 2.58. The van der Waals surface area contributed by atoms with Crippen molar-refractivity contribution in [3.63, 3.8) is 0 Å². The lowest BCUT2D eigenvalue weighted by Gasteiger charge is -1.92. The van der Waals surface area contributed by atoms with Crippen LogP contribution in [0.25, 0.3) is 10.1 Å². The van der Waals surface area contributed by atoms with Gasteiger partial charge in [0.15, 0.2) is 6.19 Å². The first-order valence-electron chi connectivity index (χ1n) is 4.10. The molecule has 2 rings (SSSR count). The molecule has 74 valence electrons. The number of nitriles is 1. The summed E-state index contributed by atoms with van der Waals surface area (Å²) in [5, 5.41) is 11.6. The zero-order chi connectivity index (χ0) is 10.8. The summed E-state index contributed by atoms with van der Waals surface area (Å²) in [6.45, 7) is 0. The van der Waals surface area contributed by atoms with Crippen molar-refractivity contribution in [3.05, 3.63) is 34.2 Å². The highest BCUT2D eigenvalue weighted by molar-refractivity contribution is 7.21. The number of carbonyl (C=O) groups excluding carboxylic acids is 1. The molecule has 0 aliphatic carbocycles. The standard InChI is InChI=1S/C10H5ClN2OS/c11-8-6-3-1-2-4-7(6)15-9(8)10(14)13-5-12/h1-4H,(H,13,14). The van der Waals surface area contributed by atoms with E-state index < -0.39 is 5.91 Å². The first kappa shape index (κ1) is 9.97. The number of hydrogen-bond donors (Lipinski definition) is 1. The van der Waals surface area contributed by atoms with Crippen molar-refractivity contribution in [1.29, 1.82) is 5.26 Å². The first-order chi connectivity index (χ1) is 7.24. The highest BCUT2D eigenvalue weighted by Gasteiger charge is 2.15. The van der Waals surface area contributed by atoms with Gasteiger partial charge < -0.3 is 0 Å². The van der Waals surface area contributed by atoms with E-state index in [1.165, 1.54) is 11.3 Å². The Morgan fingerprint density at radius 1 is 1.47 bits per heavy atom. The van der Waals surface area contributed by atoms with Gasteiger partial charge in [-0.3, -0.25) is 10.1 Å². The monoisotopic (exact) mass is 236 g/mol. The molecular weight excluding hydrogens is 232 g/mol. The molecule has 1 aromatic heterocycles. The van der Waals surface area contributed by atoms with Crippen molar-refractivity contribution in [2.45, 2.75) is 0 Å². The third kappa shape index (κ3) is 1.67. The summed E-state index contributed by atoms with van der Waals surface area (Å²) in [6.07, 6.45) is 1.59. The minimum Gasteiger partial charge on any atom is -0.267 e. The van der Waals surface area contributed by atoms with Gasteiger partial charge in [-0.05, 0) is 6.07 Å². The predicted molar refractivity (Wildman–Crippen MR) is 59.9 cm³/mol. The van der Waals surface area contributed by atoms with Crippen molar-refractivity contribution in [2.24, 2.45) is 0 Å². The van der Waals surface area contributed by atoms with Crippen molar-refractivity contribution in [1.82, 2.24) is 5.32 Å². The summed E-state index contributed by atoms with van der Waals surface area (Å²) in [6, 6.07) is 7.46. The molecule has 0 saturated heterocycles. The Balaban J connectivity index is 2.59.